The number of piperidine rings is 1. The predicted molar refractivity (Wildman–Crippen MR) is 112 cm³/mol. The molecule has 29 heavy (non-hydrogen) atoms. The Kier molecular flexibility index (Phi) is 5.00. The van der Waals surface area contributed by atoms with Gasteiger partial charge in [0.15, 0.2) is 0 Å². The number of fused-ring (bicyclic) bond motifs is 1. The third-order valence-corrected chi connectivity index (χ3v) is 6.56. The van der Waals surface area contributed by atoms with Crippen molar-refractivity contribution in [2.24, 2.45) is 0 Å². The number of amides is 1. The molecule has 1 saturated heterocycles. The average molecular weight is 392 g/mol. The molecule has 3 heterocycles. The monoisotopic (exact) mass is 391 g/mol. The van der Waals surface area contributed by atoms with Gasteiger partial charge in [-0.3, -0.25) is 14.7 Å². The second-order valence-electron chi connectivity index (χ2n) is 8.87. The van der Waals surface area contributed by atoms with Crippen LogP contribution in [-0.2, 0) is 11.3 Å². The SMILES string of the molecule is O=C(C[C@@H]1CC2(CCN(Cc3ccccn3)CC2)Oc2ccccc21)NC1CC1. The van der Waals surface area contributed by atoms with Gasteiger partial charge in [0.1, 0.15) is 11.4 Å². The van der Waals surface area contributed by atoms with E-state index in [1.807, 2.05) is 24.4 Å². The standard InChI is InChI=1S/C24H29N3O2/c28-23(26-19-8-9-19)15-18-16-24(29-22-7-2-1-6-21(18)22)10-13-27(14-11-24)17-20-5-3-4-12-25-20/h1-7,12,18-19H,8-11,13-17H2,(H,26,28)/t18-/m1/s1. The van der Waals surface area contributed by atoms with Crippen LogP contribution in [-0.4, -0.2) is 40.5 Å². The van der Waals surface area contributed by atoms with Gasteiger partial charge in [-0.2, -0.15) is 0 Å². The molecule has 1 aromatic carbocycles. The number of rotatable bonds is 5. The van der Waals surface area contributed by atoms with Crippen molar-refractivity contribution in [2.45, 2.75) is 62.6 Å². The van der Waals surface area contributed by atoms with Gasteiger partial charge in [0.2, 0.25) is 5.91 Å². The molecular weight excluding hydrogens is 362 g/mol. The molecule has 1 N–H and O–H groups in total. The lowest BCUT2D eigenvalue weighted by Gasteiger charge is -2.47. The summed E-state index contributed by atoms with van der Waals surface area (Å²) in [5.41, 5.74) is 2.16. The van der Waals surface area contributed by atoms with E-state index in [0.29, 0.717) is 12.5 Å². The Morgan fingerprint density at radius 3 is 2.69 bits per heavy atom. The molecular formula is C24H29N3O2. The minimum atomic E-state index is -0.153. The molecule has 1 atom stereocenters. The fourth-order valence-electron chi connectivity index (χ4n) is 4.81. The largest absolute Gasteiger partial charge is 0.487 e. The summed E-state index contributed by atoms with van der Waals surface area (Å²) >= 11 is 0. The number of likely N-dealkylation sites (tertiary alicyclic amines) is 1. The highest BCUT2D eigenvalue weighted by Gasteiger charge is 2.43. The van der Waals surface area contributed by atoms with E-state index in [1.54, 1.807) is 0 Å². The fourth-order valence-corrected chi connectivity index (χ4v) is 4.81. The highest BCUT2D eigenvalue weighted by molar-refractivity contribution is 5.77. The predicted octanol–water partition coefficient (Wildman–Crippen LogP) is 3.65. The molecule has 1 spiro atoms. The van der Waals surface area contributed by atoms with Crippen LogP contribution >= 0.6 is 0 Å². The van der Waals surface area contributed by atoms with E-state index in [4.69, 9.17) is 4.74 Å². The molecule has 2 aliphatic heterocycles. The number of carbonyl (C=O) groups is 1. The Morgan fingerprint density at radius 1 is 1.14 bits per heavy atom. The van der Waals surface area contributed by atoms with Gasteiger partial charge in [-0.1, -0.05) is 24.3 Å². The topological polar surface area (TPSA) is 54.5 Å². The van der Waals surface area contributed by atoms with Gasteiger partial charge in [0.25, 0.3) is 0 Å². The first-order valence-electron chi connectivity index (χ1n) is 10.9. The molecule has 2 aromatic rings. The zero-order chi connectivity index (χ0) is 19.7. The highest BCUT2D eigenvalue weighted by Crippen LogP contribution is 2.46. The Morgan fingerprint density at radius 2 is 1.93 bits per heavy atom. The maximum Gasteiger partial charge on any atom is 0.220 e. The number of aromatic nitrogens is 1. The van der Waals surface area contributed by atoms with Crippen molar-refractivity contribution in [2.75, 3.05) is 13.1 Å². The number of hydrogen-bond acceptors (Lipinski definition) is 4. The normalized spacial score (nSPS) is 23.2. The second-order valence-corrected chi connectivity index (χ2v) is 8.87. The number of benzene rings is 1. The second kappa shape index (κ2) is 7.79. The summed E-state index contributed by atoms with van der Waals surface area (Å²) in [4.78, 5) is 19.5. The summed E-state index contributed by atoms with van der Waals surface area (Å²) in [6, 6.07) is 14.8. The van der Waals surface area contributed by atoms with Crippen LogP contribution in [0.15, 0.2) is 48.7 Å². The lowest BCUT2D eigenvalue weighted by atomic mass is 9.76. The quantitative estimate of drug-likeness (QED) is 0.845. The molecule has 0 unspecified atom stereocenters. The number of hydrogen-bond donors (Lipinski definition) is 1. The average Bonchev–Trinajstić information content (AvgIpc) is 3.55. The van der Waals surface area contributed by atoms with Crippen molar-refractivity contribution >= 4 is 5.91 Å². The first-order valence-corrected chi connectivity index (χ1v) is 10.9. The van der Waals surface area contributed by atoms with E-state index in [0.717, 1.165) is 63.2 Å². The Bertz CT molecular complexity index is 857. The van der Waals surface area contributed by atoms with Crippen LogP contribution < -0.4 is 10.1 Å². The number of nitrogens with one attached hydrogen (secondary N) is 1. The van der Waals surface area contributed by atoms with Gasteiger partial charge < -0.3 is 10.1 Å². The molecule has 2 fully saturated rings. The van der Waals surface area contributed by atoms with E-state index in [1.165, 1.54) is 5.56 Å². The molecule has 1 amide bonds. The van der Waals surface area contributed by atoms with E-state index in [2.05, 4.69) is 39.5 Å². The molecule has 3 aliphatic rings. The molecule has 1 aliphatic carbocycles. The minimum Gasteiger partial charge on any atom is -0.487 e. The van der Waals surface area contributed by atoms with E-state index < -0.39 is 0 Å². The Balaban J connectivity index is 1.27. The fraction of sp³-hybridized carbons (Fsp3) is 0.500. The molecule has 0 bridgehead atoms. The van der Waals surface area contributed by atoms with Crippen LogP contribution in [0.2, 0.25) is 0 Å². The van der Waals surface area contributed by atoms with E-state index in [9.17, 15) is 4.79 Å². The van der Waals surface area contributed by atoms with Gasteiger partial charge in [-0.25, -0.2) is 0 Å². The summed E-state index contributed by atoms with van der Waals surface area (Å²) in [5.74, 6) is 1.40. The van der Waals surface area contributed by atoms with Gasteiger partial charge in [-0.05, 0) is 55.9 Å². The Hall–Kier alpha value is -2.40. The van der Waals surface area contributed by atoms with E-state index in [-0.39, 0.29) is 17.4 Å². The third-order valence-electron chi connectivity index (χ3n) is 6.56. The molecule has 5 rings (SSSR count). The van der Waals surface area contributed by atoms with Gasteiger partial charge in [0, 0.05) is 44.2 Å². The van der Waals surface area contributed by atoms with Crippen LogP contribution in [0.5, 0.6) is 5.75 Å². The number of ether oxygens (including phenoxy) is 1. The maximum atomic E-state index is 12.5. The molecule has 1 saturated carbocycles. The lowest BCUT2D eigenvalue weighted by Crippen LogP contribution is -2.50. The zero-order valence-electron chi connectivity index (χ0n) is 16.8. The summed E-state index contributed by atoms with van der Waals surface area (Å²) in [5, 5.41) is 3.16. The van der Waals surface area contributed by atoms with Crippen LogP contribution in [0.4, 0.5) is 0 Å². The van der Waals surface area contributed by atoms with Gasteiger partial charge >= 0.3 is 0 Å². The summed E-state index contributed by atoms with van der Waals surface area (Å²) in [6.45, 7) is 2.89. The number of pyridine rings is 1. The first-order chi connectivity index (χ1) is 14.2. The minimum absolute atomic E-state index is 0.153. The van der Waals surface area contributed by atoms with Crippen molar-refractivity contribution in [3.63, 3.8) is 0 Å². The van der Waals surface area contributed by atoms with Crippen molar-refractivity contribution in [1.82, 2.24) is 15.2 Å². The molecule has 5 nitrogen and oxygen atoms in total. The third kappa shape index (κ3) is 4.30. The molecule has 1 aromatic heterocycles. The van der Waals surface area contributed by atoms with Crippen LogP contribution in [0, 0.1) is 0 Å². The van der Waals surface area contributed by atoms with Crippen LogP contribution in [0.1, 0.15) is 55.7 Å². The number of carbonyl (C=O) groups excluding carboxylic acids is 1. The molecule has 0 radical (unpaired) electrons. The Labute approximate surface area is 172 Å². The summed E-state index contributed by atoms with van der Waals surface area (Å²) < 4.78 is 6.59. The van der Waals surface area contributed by atoms with Crippen LogP contribution in [0.3, 0.4) is 0 Å². The maximum absolute atomic E-state index is 12.5. The van der Waals surface area contributed by atoms with Crippen molar-refractivity contribution in [1.29, 1.82) is 0 Å². The van der Waals surface area contributed by atoms with Gasteiger partial charge in [-0.15, -0.1) is 0 Å². The van der Waals surface area contributed by atoms with E-state index >= 15 is 0 Å². The van der Waals surface area contributed by atoms with Gasteiger partial charge in [0.05, 0.1) is 5.69 Å². The van der Waals surface area contributed by atoms with Crippen molar-refractivity contribution < 1.29 is 9.53 Å². The summed E-state index contributed by atoms with van der Waals surface area (Å²) in [6.07, 6.45) is 7.61. The van der Waals surface area contributed by atoms with Crippen LogP contribution in [0.25, 0.3) is 0 Å². The lowest BCUT2D eigenvalue weighted by molar-refractivity contribution is -0.122. The van der Waals surface area contributed by atoms with Crippen molar-refractivity contribution in [3.8, 4) is 5.75 Å². The first kappa shape index (κ1) is 18.6. The molecule has 152 valence electrons. The highest BCUT2D eigenvalue weighted by atomic mass is 16.5. The zero-order valence-corrected chi connectivity index (χ0v) is 16.8. The number of nitrogens with zero attached hydrogens (tertiary/aromatic N) is 2. The number of para-hydroxylation sites is 1. The molecule has 5 heteroatoms. The summed E-state index contributed by atoms with van der Waals surface area (Å²) in [7, 11) is 0. The smallest absolute Gasteiger partial charge is 0.220 e. The van der Waals surface area contributed by atoms with Crippen molar-refractivity contribution in [3.05, 3.63) is 59.9 Å².